The average Bonchev–Trinajstić information content (AvgIpc) is 2.53. The quantitative estimate of drug-likeness (QED) is 0.834. The van der Waals surface area contributed by atoms with Crippen molar-refractivity contribution < 1.29 is 14.3 Å². The first-order valence-corrected chi connectivity index (χ1v) is 7.79. The summed E-state index contributed by atoms with van der Waals surface area (Å²) in [5, 5.41) is 2.74. The Morgan fingerprint density at radius 3 is 2.43 bits per heavy atom. The number of hydrogen-bond acceptors (Lipinski definition) is 3. The third-order valence-electron chi connectivity index (χ3n) is 3.51. The lowest BCUT2D eigenvalue weighted by Crippen LogP contribution is -2.44. The van der Waals surface area contributed by atoms with Crippen LogP contribution in [0.3, 0.4) is 0 Å². The molecule has 0 aliphatic carbocycles. The summed E-state index contributed by atoms with van der Waals surface area (Å²) >= 11 is 0. The van der Waals surface area contributed by atoms with Crippen molar-refractivity contribution in [3.63, 3.8) is 0 Å². The van der Waals surface area contributed by atoms with Gasteiger partial charge in [0.05, 0.1) is 0 Å². The molecule has 0 aliphatic rings. The molecule has 1 atom stereocenters. The lowest BCUT2D eigenvalue weighted by atomic mass is 10.2. The molecular weight excluding hydrogens is 294 g/mol. The first kappa shape index (κ1) is 18.8. The number of hydrogen-bond donors (Lipinski definition) is 1. The van der Waals surface area contributed by atoms with Gasteiger partial charge >= 0.3 is 6.03 Å². The van der Waals surface area contributed by atoms with Crippen LogP contribution in [0, 0.1) is 6.92 Å². The Balaban J connectivity index is 2.55. The van der Waals surface area contributed by atoms with Crippen molar-refractivity contribution in [2.45, 2.75) is 26.4 Å². The summed E-state index contributed by atoms with van der Waals surface area (Å²) in [6.07, 6.45) is 0.0623. The molecule has 0 saturated heterocycles. The molecule has 0 saturated carbocycles. The lowest BCUT2D eigenvalue weighted by Gasteiger charge is -2.24. The largest absolute Gasteiger partial charge is 0.480 e. The highest BCUT2D eigenvalue weighted by Crippen LogP contribution is 2.19. The van der Waals surface area contributed by atoms with Crippen LogP contribution in [-0.2, 0) is 4.79 Å². The van der Waals surface area contributed by atoms with Crippen molar-refractivity contribution in [1.29, 1.82) is 0 Å². The fourth-order valence-corrected chi connectivity index (χ4v) is 1.99. The maximum absolute atomic E-state index is 12.5. The van der Waals surface area contributed by atoms with E-state index >= 15 is 0 Å². The zero-order valence-electron chi connectivity index (χ0n) is 14.6. The molecular formula is C17H27N3O3. The number of aryl methyl sites for hydroxylation is 1. The number of benzene rings is 1. The number of amides is 3. The van der Waals surface area contributed by atoms with Crippen LogP contribution in [-0.4, -0.2) is 62.1 Å². The minimum absolute atomic E-state index is 0.0881. The highest BCUT2D eigenvalue weighted by molar-refractivity contribution is 5.81. The van der Waals surface area contributed by atoms with Crippen LogP contribution in [0.4, 0.5) is 4.79 Å². The highest BCUT2D eigenvalue weighted by atomic mass is 16.5. The van der Waals surface area contributed by atoms with Crippen LogP contribution in [0.5, 0.6) is 5.75 Å². The molecule has 0 heterocycles. The van der Waals surface area contributed by atoms with E-state index in [1.807, 2.05) is 38.1 Å². The first-order chi connectivity index (χ1) is 10.9. The van der Waals surface area contributed by atoms with E-state index in [0.717, 1.165) is 11.3 Å². The molecule has 6 heteroatoms. The summed E-state index contributed by atoms with van der Waals surface area (Å²) in [5.41, 5.74) is 1.000. The van der Waals surface area contributed by atoms with Gasteiger partial charge in [0.1, 0.15) is 5.75 Å². The molecule has 6 nitrogen and oxygen atoms in total. The van der Waals surface area contributed by atoms with Gasteiger partial charge in [-0.2, -0.15) is 0 Å². The van der Waals surface area contributed by atoms with Crippen molar-refractivity contribution in [1.82, 2.24) is 15.1 Å². The van der Waals surface area contributed by atoms with Crippen LogP contribution < -0.4 is 10.1 Å². The van der Waals surface area contributed by atoms with Gasteiger partial charge in [-0.05, 0) is 25.0 Å². The number of nitrogens with zero attached hydrogens (tertiary/aromatic N) is 2. The van der Waals surface area contributed by atoms with Crippen LogP contribution in [0.25, 0.3) is 0 Å². The molecule has 1 N–H and O–H groups in total. The predicted molar refractivity (Wildman–Crippen MR) is 90.6 cm³/mol. The minimum atomic E-state index is -0.523. The highest BCUT2D eigenvalue weighted by Gasteiger charge is 2.22. The van der Waals surface area contributed by atoms with Crippen LogP contribution in [0.1, 0.15) is 18.9 Å². The summed E-state index contributed by atoms with van der Waals surface area (Å²) < 4.78 is 5.86. The predicted octanol–water partition coefficient (Wildman–Crippen LogP) is 1.88. The molecule has 3 amide bonds. The second-order valence-electron chi connectivity index (χ2n) is 5.67. The average molecular weight is 321 g/mol. The number of likely N-dealkylation sites (N-methyl/N-ethyl adjacent to an activating group) is 1. The number of carbonyl (C=O) groups is 2. The van der Waals surface area contributed by atoms with E-state index in [1.54, 1.807) is 26.0 Å². The first-order valence-electron chi connectivity index (χ1n) is 7.79. The topological polar surface area (TPSA) is 61.9 Å². The van der Waals surface area contributed by atoms with E-state index in [-0.39, 0.29) is 11.9 Å². The Labute approximate surface area is 138 Å². The number of urea groups is 1. The monoisotopic (exact) mass is 321 g/mol. The van der Waals surface area contributed by atoms with Crippen LogP contribution >= 0.6 is 0 Å². The van der Waals surface area contributed by atoms with Gasteiger partial charge in [-0.15, -0.1) is 0 Å². The third kappa shape index (κ3) is 5.81. The van der Waals surface area contributed by atoms with E-state index in [1.165, 1.54) is 4.90 Å². The zero-order valence-corrected chi connectivity index (χ0v) is 14.6. The molecule has 0 bridgehead atoms. The SMILES string of the molecule is CCC(Oc1ccccc1C)C(=O)N(C)CCNC(=O)N(C)C. The van der Waals surface area contributed by atoms with Crippen molar-refractivity contribution in [2.24, 2.45) is 0 Å². The van der Waals surface area contributed by atoms with Crippen molar-refractivity contribution >= 4 is 11.9 Å². The number of para-hydroxylation sites is 1. The second-order valence-corrected chi connectivity index (χ2v) is 5.67. The van der Waals surface area contributed by atoms with E-state index in [2.05, 4.69) is 5.32 Å². The fraction of sp³-hybridized carbons (Fsp3) is 0.529. The maximum atomic E-state index is 12.5. The van der Waals surface area contributed by atoms with Gasteiger partial charge in [-0.1, -0.05) is 25.1 Å². The minimum Gasteiger partial charge on any atom is -0.480 e. The Kier molecular flexibility index (Phi) is 7.38. The maximum Gasteiger partial charge on any atom is 0.316 e. The Morgan fingerprint density at radius 2 is 1.87 bits per heavy atom. The molecule has 0 spiro atoms. The summed E-state index contributed by atoms with van der Waals surface area (Å²) in [6.45, 7) is 4.71. The Morgan fingerprint density at radius 1 is 1.22 bits per heavy atom. The van der Waals surface area contributed by atoms with E-state index in [9.17, 15) is 9.59 Å². The molecule has 1 aromatic rings. The summed E-state index contributed by atoms with van der Waals surface area (Å²) in [5.74, 6) is 0.636. The summed E-state index contributed by atoms with van der Waals surface area (Å²) in [7, 11) is 5.06. The Hall–Kier alpha value is -2.24. The smallest absolute Gasteiger partial charge is 0.316 e. The van der Waals surface area contributed by atoms with Crippen LogP contribution in [0.15, 0.2) is 24.3 Å². The molecule has 1 aromatic carbocycles. The molecule has 1 unspecified atom stereocenters. The third-order valence-corrected chi connectivity index (χ3v) is 3.51. The van der Waals surface area contributed by atoms with Gasteiger partial charge < -0.3 is 19.9 Å². The fourth-order valence-electron chi connectivity index (χ4n) is 1.99. The molecule has 1 rings (SSSR count). The van der Waals surface area contributed by atoms with Gasteiger partial charge in [0.15, 0.2) is 6.10 Å². The number of carbonyl (C=O) groups excluding carboxylic acids is 2. The summed E-state index contributed by atoms with van der Waals surface area (Å²) in [6, 6.07) is 7.47. The van der Waals surface area contributed by atoms with Gasteiger partial charge in [-0.3, -0.25) is 4.79 Å². The van der Waals surface area contributed by atoms with Crippen molar-refractivity contribution in [3.05, 3.63) is 29.8 Å². The van der Waals surface area contributed by atoms with E-state index in [4.69, 9.17) is 4.74 Å². The molecule has 0 fully saturated rings. The van der Waals surface area contributed by atoms with Gasteiger partial charge in [0.25, 0.3) is 5.91 Å². The molecule has 0 aliphatic heterocycles. The van der Waals surface area contributed by atoms with Gasteiger partial charge in [0.2, 0.25) is 0 Å². The number of nitrogens with one attached hydrogen (secondary N) is 1. The van der Waals surface area contributed by atoms with E-state index in [0.29, 0.717) is 19.5 Å². The summed E-state index contributed by atoms with van der Waals surface area (Å²) in [4.78, 5) is 27.0. The number of ether oxygens (including phenoxy) is 1. The standard InChI is InChI=1S/C17H27N3O3/c1-6-14(23-15-10-8-7-9-13(15)2)16(21)20(5)12-11-18-17(22)19(3)4/h7-10,14H,6,11-12H2,1-5H3,(H,18,22). The zero-order chi connectivity index (χ0) is 17.4. The molecule has 23 heavy (non-hydrogen) atoms. The van der Waals surface area contributed by atoms with Gasteiger partial charge in [0, 0.05) is 34.2 Å². The van der Waals surface area contributed by atoms with Crippen LogP contribution in [0.2, 0.25) is 0 Å². The second kappa shape index (κ2) is 9.02. The van der Waals surface area contributed by atoms with Crippen molar-refractivity contribution in [3.8, 4) is 5.75 Å². The Bertz CT molecular complexity index is 532. The van der Waals surface area contributed by atoms with Gasteiger partial charge in [-0.25, -0.2) is 4.79 Å². The normalized spacial score (nSPS) is 11.5. The molecule has 0 aromatic heterocycles. The lowest BCUT2D eigenvalue weighted by molar-refractivity contribution is -0.137. The number of rotatable bonds is 7. The molecule has 128 valence electrons. The molecule has 0 radical (unpaired) electrons. The van der Waals surface area contributed by atoms with E-state index < -0.39 is 6.10 Å². The van der Waals surface area contributed by atoms with Crippen molar-refractivity contribution in [2.75, 3.05) is 34.2 Å².